The number of nitro groups is 1. The molecule has 18 heavy (non-hydrogen) atoms. The predicted octanol–water partition coefficient (Wildman–Crippen LogP) is 1.98. The summed E-state index contributed by atoms with van der Waals surface area (Å²) in [6.45, 7) is 2.77. The standard InChI is InChI=1S/C12H17FN2O3/c1-9(16)3-2-4-14-8-10-5-11(13)7-12(6-10)15(17)18/h5-7,9,14,16H,2-4,8H2,1H3. The molecule has 5 nitrogen and oxygen atoms in total. The highest BCUT2D eigenvalue weighted by atomic mass is 19.1. The van der Waals surface area contributed by atoms with Crippen LogP contribution in [0.3, 0.4) is 0 Å². The number of aliphatic hydroxyl groups excluding tert-OH is 1. The fourth-order valence-corrected chi connectivity index (χ4v) is 1.60. The maximum atomic E-state index is 13.1. The van der Waals surface area contributed by atoms with Crippen LogP contribution in [0.4, 0.5) is 10.1 Å². The van der Waals surface area contributed by atoms with Crippen molar-refractivity contribution in [3.8, 4) is 0 Å². The van der Waals surface area contributed by atoms with Crippen LogP contribution in [0.15, 0.2) is 18.2 Å². The summed E-state index contributed by atoms with van der Waals surface area (Å²) in [7, 11) is 0. The van der Waals surface area contributed by atoms with Crippen molar-refractivity contribution in [3.63, 3.8) is 0 Å². The van der Waals surface area contributed by atoms with Gasteiger partial charge in [0.05, 0.1) is 17.1 Å². The molecule has 0 heterocycles. The molecule has 0 radical (unpaired) electrons. The fraction of sp³-hybridized carbons (Fsp3) is 0.500. The van der Waals surface area contributed by atoms with Crippen molar-refractivity contribution >= 4 is 5.69 Å². The molecule has 0 aliphatic rings. The molecule has 1 unspecified atom stereocenters. The third-order valence-corrected chi connectivity index (χ3v) is 2.46. The van der Waals surface area contributed by atoms with E-state index in [1.807, 2.05) is 0 Å². The summed E-state index contributed by atoms with van der Waals surface area (Å²) in [4.78, 5) is 9.94. The summed E-state index contributed by atoms with van der Waals surface area (Å²) in [5, 5.41) is 22.6. The zero-order chi connectivity index (χ0) is 13.5. The van der Waals surface area contributed by atoms with Crippen molar-refractivity contribution < 1.29 is 14.4 Å². The number of nitrogens with one attached hydrogen (secondary N) is 1. The highest BCUT2D eigenvalue weighted by Gasteiger charge is 2.09. The predicted molar refractivity (Wildman–Crippen MR) is 65.7 cm³/mol. The van der Waals surface area contributed by atoms with E-state index in [-0.39, 0.29) is 11.8 Å². The molecule has 0 saturated carbocycles. The van der Waals surface area contributed by atoms with E-state index in [9.17, 15) is 14.5 Å². The number of hydrogen-bond donors (Lipinski definition) is 2. The summed E-state index contributed by atoms with van der Waals surface area (Å²) < 4.78 is 13.1. The van der Waals surface area contributed by atoms with Gasteiger partial charge in [0.15, 0.2) is 0 Å². The summed E-state index contributed by atoms with van der Waals surface area (Å²) >= 11 is 0. The van der Waals surface area contributed by atoms with Gasteiger partial charge in [-0.3, -0.25) is 10.1 Å². The first kappa shape index (κ1) is 14.5. The third kappa shape index (κ3) is 5.20. The lowest BCUT2D eigenvalue weighted by molar-refractivity contribution is -0.385. The zero-order valence-corrected chi connectivity index (χ0v) is 10.2. The van der Waals surface area contributed by atoms with E-state index >= 15 is 0 Å². The molecule has 0 spiro atoms. The quantitative estimate of drug-likeness (QED) is 0.444. The van der Waals surface area contributed by atoms with E-state index in [1.165, 1.54) is 12.1 Å². The number of hydrogen-bond acceptors (Lipinski definition) is 4. The van der Waals surface area contributed by atoms with Gasteiger partial charge in [-0.05, 0) is 37.9 Å². The van der Waals surface area contributed by atoms with Crippen molar-refractivity contribution in [1.82, 2.24) is 5.32 Å². The second-order valence-corrected chi connectivity index (χ2v) is 4.24. The van der Waals surface area contributed by atoms with E-state index in [1.54, 1.807) is 6.92 Å². The molecule has 0 saturated heterocycles. The molecule has 0 aliphatic heterocycles. The van der Waals surface area contributed by atoms with Gasteiger partial charge >= 0.3 is 0 Å². The number of non-ortho nitro benzene ring substituents is 1. The van der Waals surface area contributed by atoms with Gasteiger partial charge in [0, 0.05) is 12.6 Å². The van der Waals surface area contributed by atoms with Crippen LogP contribution in [0, 0.1) is 15.9 Å². The van der Waals surface area contributed by atoms with Gasteiger partial charge in [-0.15, -0.1) is 0 Å². The molecule has 2 N–H and O–H groups in total. The summed E-state index contributed by atoms with van der Waals surface area (Å²) in [6, 6.07) is 3.52. The fourth-order valence-electron chi connectivity index (χ4n) is 1.60. The number of nitrogens with zero attached hydrogens (tertiary/aromatic N) is 1. The van der Waals surface area contributed by atoms with Crippen molar-refractivity contribution in [3.05, 3.63) is 39.7 Å². The Hall–Kier alpha value is -1.53. The number of aliphatic hydroxyl groups is 1. The average molecular weight is 256 g/mol. The van der Waals surface area contributed by atoms with Gasteiger partial charge in [-0.2, -0.15) is 0 Å². The normalized spacial score (nSPS) is 12.4. The summed E-state index contributed by atoms with van der Waals surface area (Å²) in [5.41, 5.74) is 0.300. The highest BCUT2D eigenvalue weighted by molar-refractivity contribution is 5.35. The zero-order valence-electron chi connectivity index (χ0n) is 10.2. The van der Waals surface area contributed by atoms with Gasteiger partial charge in [-0.1, -0.05) is 0 Å². The topological polar surface area (TPSA) is 75.4 Å². The molecule has 1 rings (SSSR count). The number of benzene rings is 1. The van der Waals surface area contributed by atoms with Crippen LogP contribution in [0.2, 0.25) is 0 Å². The molecule has 0 amide bonds. The second-order valence-electron chi connectivity index (χ2n) is 4.24. The maximum absolute atomic E-state index is 13.1. The van der Waals surface area contributed by atoms with Crippen LogP contribution in [-0.2, 0) is 6.54 Å². The molecule has 1 aromatic carbocycles. The lowest BCUT2D eigenvalue weighted by atomic mass is 10.2. The van der Waals surface area contributed by atoms with Crippen molar-refractivity contribution in [2.45, 2.75) is 32.4 Å². The monoisotopic (exact) mass is 256 g/mol. The van der Waals surface area contributed by atoms with Crippen LogP contribution < -0.4 is 5.32 Å². The largest absolute Gasteiger partial charge is 0.393 e. The Bertz CT molecular complexity index is 410. The Balaban J connectivity index is 2.44. The minimum atomic E-state index is -0.611. The van der Waals surface area contributed by atoms with E-state index in [0.717, 1.165) is 12.5 Å². The Kier molecular flexibility index (Phi) is 5.67. The SMILES string of the molecule is CC(O)CCCNCc1cc(F)cc([N+](=O)[O-])c1. The van der Waals surface area contributed by atoms with E-state index in [2.05, 4.69) is 5.32 Å². The minimum Gasteiger partial charge on any atom is -0.393 e. The Morgan fingerprint density at radius 2 is 2.22 bits per heavy atom. The Morgan fingerprint density at radius 3 is 2.83 bits per heavy atom. The Morgan fingerprint density at radius 1 is 1.50 bits per heavy atom. The highest BCUT2D eigenvalue weighted by Crippen LogP contribution is 2.16. The van der Waals surface area contributed by atoms with Gasteiger partial charge in [0.2, 0.25) is 0 Å². The summed E-state index contributed by atoms with van der Waals surface area (Å²) in [5.74, 6) is -0.606. The van der Waals surface area contributed by atoms with Gasteiger partial charge in [0.25, 0.3) is 5.69 Å². The van der Waals surface area contributed by atoms with Crippen molar-refractivity contribution in [2.24, 2.45) is 0 Å². The molecule has 0 aromatic heterocycles. The van der Waals surface area contributed by atoms with Crippen LogP contribution in [-0.4, -0.2) is 22.7 Å². The van der Waals surface area contributed by atoms with E-state index < -0.39 is 10.7 Å². The number of halogens is 1. The van der Waals surface area contributed by atoms with Crippen LogP contribution in [0.1, 0.15) is 25.3 Å². The molecule has 1 atom stereocenters. The molecular weight excluding hydrogens is 239 g/mol. The van der Waals surface area contributed by atoms with Gasteiger partial charge < -0.3 is 10.4 Å². The first-order valence-electron chi connectivity index (χ1n) is 5.81. The van der Waals surface area contributed by atoms with Crippen molar-refractivity contribution in [1.29, 1.82) is 0 Å². The molecule has 1 aromatic rings. The molecular formula is C12H17FN2O3. The summed E-state index contributed by atoms with van der Waals surface area (Å²) in [6.07, 6.45) is 1.16. The smallest absolute Gasteiger partial charge is 0.272 e. The van der Waals surface area contributed by atoms with E-state index in [4.69, 9.17) is 5.11 Å². The molecule has 6 heteroatoms. The lowest BCUT2D eigenvalue weighted by Gasteiger charge is -2.06. The van der Waals surface area contributed by atoms with Gasteiger partial charge in [-0.25, -0.2) is 4.39 Å². The lowest BCUT2D eigenvalue weighted by Crippen LogP contribution is -2.16. The molecule has 0 fully saturated rings. The van der Waals surface area contributed by atoms with Crippen molar-refractivity contribution in [2.75, 3.05) is 6.54 Å². The maximum Gasteiger partial charge on any atom is 0.272 e. The van der Waals surface area contributed by atoms with E-state index in [0.29, 0.717) is 25.1 Å². The number of nitro benzene ring substituents is 1. The van der Waals surface area contributed by atoms with Crippen LogP contribution in [0.5, 0.6) is 0 Å². The third-order valence-electron chi connectivity index (χ3n) is 2.46. The van der Waals surface area contributed by atoms with Gasteiger partial charge in [0.1, 0.15) is 5.82 Å². The Labute approximate surface area is 105 Å². The molecule has 100 valence electrons. The molecule has 0 aliphatic carbocycles. The number of rotatable bonds is 7. The molecule has 0 bridgehead atoms. The minimum absolute atomic E-state index is 0.240. The second kappa shape index (κ2) is 7.03. The average Bonchev–Trinajstić information content (AvgIpc) is 2.27. The van der Waals surface area contributed by atoms with Crippen LogP contribution >= 0.6 is 0 Å². The first-order valence-corrected chi connectivity index (χ1v) is 5.81. The first-order chi connectivity index (χ1) is 8.49. The van der Waals surface area contributed by atoms with Crippen LogP contribution in [0.25, 0.3) is 0 Å².